The Balaban J connectivity index is 1.83. The van der Waals surface area contributed by atoms with Crippen molar-refractivity contribution in [2.75, 3.05) is 12.4 Å². The summed E-state index contributed by atoms with van der Waals surface area (Å²) in [6.45, 7) is -0.125. The van der Waals surface area contributed by atoms with Gasteiger partial charge >= 0.3 is 16.3 Å². The van der Waals surface area contributed by atoms with E-state index in [2.05, 4.69) is 0 Å². The lowest BCUT2D eigenvalue weighted by atomic mass is 9.85. The summed E-state index contributed by atoms with van der Waals surface area (Å²) < 4.78 is 65.7. The molecule has 5 nitrogen and oxygen atoms in total. The van der Waals surface area contributed by atoms with Crippen LogP contribution in [0.3, 0.4) is 0 Å². The number of fused-ring (bicyclic) bond motifs is 1. The maximum absolute atomic E-state index is 12.2. The second-order valence-corrected chi connectivity index (χ2v) is 8.80. The fourth-order valence-electron chi connectivity index (χ4n) is 3.74. The fourth-order valence-corrected chi connectivity index (χ4v) is 4.72. The third kappa shape index (κ3) is 5.22. The Bertz CT molecular complexity index is 972. The van der Waals surface area contributed by atoms with E-state index in [1.165, 1.54) is 18.2 Å². The molecule has 0 fully saturated rings. The molecule has 2 atom stereocenters. The van der Waals surface area contributed by atoms with Gasteiger partial charge < -0.3 is 14.4 Å². The lowest BCUT2D eigenvalue weighted by Gasteiger charge is -2.21. The van der Waals surface area contributed by atoms with E-state index in [-0.39, 0.29) is 29.9 Å². The average Bonchev–Trinajstić information content (AvgIpc) is 3.00. The molecule has 0 saturated carbocycles. The Morgan fingerprint density at radius 3 is 2.52 bits per heavy atom. The van der Waals surface area contributed by atoms with Crippen molar-refractivity contribution in [1.82, 2.24) is 0 Å². The predicted molar refractivity (Wildman–Crippen MR) is 100 cm³/mol. The van der Waals surface area contributed by atoms with Crippen molar-refractivity contribution in [2.24, 2.45) is 5.92 Å². The summed E-state index contributed by atoms with van der Waals surface area (Å²) in [5.74, 6) is -1.49. The largest absolute Gasteiger partial charge is 0.508 e. The van der Waals surface area contributed by atoms with Gasteiger partial charge in [0, 0.05) is 24.5 Å². The number of hydrogen-bond donors (Lipinski definition) is 2. The summed E-state index contributed by atoms with van der Waals surface area (Å²) in [5, 5.41) is 20.1. The molecule has 9 heteroatoms. The Kier molecular flexibility index (Phi) is 6.09. The molecule has 1 aliphatic carbocycles. The zero-order valence-electron chi connectivity index (χ0n) is 15.4. The molecular weight excluding hydrogens is 409 g/mol. The van der Waals surface area contributed by atoms with E-state index in [4.69, 9.17) is 4.18 Å². The highest BCUT2D eigenvalue weighted by atomic mass is 32.2. The molecular formula is C20H21F3O5S. The molecule has 29 heavy (non-hydrogen) atoms. The number of benzene rings is 2. The molecule has 2 aromatic carbocycles. The molecule has 0 radical (unpaired) electrons. The van der Waals surface area contributed by atoms with Gasteiger partial charge in [0.1, 0.15) is 11.5 Å². The van der Waals surface area contributed by atoms with E-state index in [0.29, 0.717) is 12.0 Å². The Morgan fingerprint density at radius 1 is 1.10 bits per heavy atom. The highest BCUT2D eigenvalue weighted by molar-refractivity contribution is 7.87. The van der Waals surface area contributed by atoms with E-state index >= 15 is 0 Å². The van der Waals surface area contributed by atoms with Gasteiger partial charge in [-0.15, -0.1) is 0 Å². The summed E-state index contributed by atoms with van der Waals surface area (Å²) in [4.78, 5) is 0. The van der Waals surface area contributed by atoms with Crippen LogP contribution in [0, 0.1) is 5.92 Å². The highest BCUT2D eigenvalue weighted by Gasteiger charge is 2.35. The second kappa shape index (κ2) is 8.23. The summed E-state index contributed by atoms with van der Waals surface area (Å²) in [7, 11) is -4.22. The quantitative estimate of drug-likeness (QED) is 0.654. The number of rotatable bonds is 7. The summed E-state index contributed by atoms with van der Waals surface area (Å²) in [6.07, 6.45) is -5.64. The molecule has 0 amide bonds. The first-order chi connectivity index (χ1) is 13.6. The van der Waals surface area contributed by atoms with Gasteiger partial charge in [-0.3, -0.25) is 0 Å². The van der Waals surface area contributed by atoms with Crippen molar-refractivity contribution < 1.29 is 36.0 Å². The molecule has 0 aliphatic heterocycles. The van der Waals surface area contributed by atoms with E-state index < -0.39 is 34.9 Å². The van der Waals surface area contributed by atoms with Crippen LogP contribution in [0.25, 0.3) is 0 Å². The number of aliphatic hydroxyl groups is 1. The van der Waals surface area contributed by atoms with Crippen LogP contribution in [0.4, 0.5) is 13.2 Å². The molecule has 0 aromatic heterocycles. The van der Waals surface area contributed by atoms with Gasteiger partial charge in [0.25, 0.3) is 0 Å². The highest BCUT2D eigenvalue weighted by Crippen LogP contribution is 2.46. The van der Waals surface area contributed by atoms with Crippen LogP contribution in [0.2, 0.25) is 0 Å². The third-order valence-electron chi connectivity index (χ3n) is 4.99. The minimum absolute atomic E-state index is 0.0769. The molecule has 0 spiro atoms. The zero-order valence-corrected chi connectivity index (χ0v) is 16.2. The topological polar surface area (TPSA) is 83.8 Å². The van der Waals surface area contributed by atoms with Crippen molar-refractivity contribution in [3.8, 4) is 11.5 Å². The first-order valence-electron chi connectivity index (χ1n) is 9.10. The van der Waals surface area contributed by atoms with Crippen LogP contribution < -0.4 is 4.18 Å². The van der Waals surface area contributed by atoms with E-state index in [1.54, 1.807) is 0 Å². The number of phenolic OH excluding ortho intramolecular Hbond substituents is 1. The van der Waals surface area contributed by atoms with Crippen molar-refractivity contribution in [3.63, 3.8) is 0 Å². The second-order valence-electron chi connectivity index (χ2n) is 7.11. The lowest BCUT2D eigenvalue weighted by Crippen LogP contribution is -2.17. The number of alkyl halides is 3. The van der Waals surface area contributed by atoms with Crippen molar-refractivity contribution in [3.05, 3.63) is 59.2 Å². The molecule has 1 aliphatic rings. The number of phenols is 1. The van der Waals surface area contributed by atoms with Crippen molar-refractivity contribution in [2.45, 2.75) is 31.4 Å². The Labute approximate surface area is 166 Å². The maximum atomic E-state index is 12.2. The van der Waals surface area contributed by atoms with Crippen LogP contribution in [0.15, 0.2) is 42.5 Å². The first-order valence-corrected chi connectivity index (χ1v) is 10.7. The van der Waals surface area contributed by atoms with Gasteiger partial charge in [-0.1, -0.05) is 24.3 Å². The zero-order chi connectivity index (χ0) is 21.2. The Hall–Kier alpha value is -2.26. The minimum atomic E-state index is -4.43. The number of halogens is 3. The maximum Gasteiger partial charge on any atom is 0.389 e. The standard InChI is InChI=1S/C20H21F3O5S/c21-20(22,23)8-3-9-29(26,27)28-15-6-7-18(25)17(11-15)19-14(12-24)10-13-4-1-2-5-16(13)19/h1-2,4-7,11,14,19,24-25H,3,8-10,12H2/t14-,19?/m1/s1. The molecule has 0 heterocycles. The van der Waals surface area contributed by atoms with Gasteiger partial charge in [0.15, 0.2) is 0 Å². The molecule has 3 rings (SSSR count). The molecule has 1 unspecified atom stereocenters. The van der Waals surface area contributed by atoms with Crippen LogP contribution in [0.1, 0.15) is 35.4 Å². The van der Waals surface area contributed by atoms with E-state index in [0.717, 1.165) is 11.1 Å². The Morgan fingerprint density at radius 2 is 1.83 bits per heavy atom. The fraction of sp³-hybridized carbons (Fsp3) is 0.400. The van der Waals surface area contributed by atoms with Crippen molar-refractivity contribution in [1.29, 1.82) is 0 Å². The molecule has 158 valence electrons. The summed E-state index contributed by atoms with van der Waals surface area (Å²) in [5.41, 5.74) is 2.35. The van der Waals surface area contributed by atoms with E-state index in [9.17, 15) is 31.8 Å². The number of aromatic hydroxyl groups is 1. The van der Waals surface area contributed by atoms with Crippen LogP contribution >= 0.6 is 0 Å². The molecule has 0 saturated heterocycles. The predicted octanol–water partition coefficient (Wildman–Crippen LogP) is 3.74. The number of aliphatic hydroxyl groups excluding tert-OH is 1. The molecule has 2 aromatic rings. The van der Waals surface area contributed by atoms with Gasteiger partial charge in [-0.05, 0) is 48.1 Å². The van der Waals surface area contributed by atoms with Gasteiger partial charge in [0.2, 0.25) is 0 Å². The number of hydrogen-bond acceptors (Lipinski definition) is 5. The lowest BCUT2D eigenvalue weighted by molar-refractivity contribution is -0.134. The van der Waals surface area contributed by atoms with Crippen LogP contribution in [0.5, 0.6) is 11.5 Å². The third-order valence-corrected chi connectivity index (χ3v) is 6.23. The molecule has 2 N–H and O–H groups in total. The van der Waals surface area contributed by atoms with Crippen molar-refractivity contribution >= 4 is 10.1 Å². The van der Waals surface area contributed by atoms with Crippen LogP contribution in [-0.4, -0.2) is 37.2 Å². The smallest absolute Gasteiger partial charge is 0.389 e. The molecule has 0 bridgehead atoms. The minimum Gasteiger partial charge on any atom is -0.508 e. The summed E-state index contributed by atoms with van der Waals surface area (Å²) in [6, 6.07) is 11.4. The monoisotopic (exact) mass is 430 g/mol. The van der Waals surface area contributed by atoms with E-state index in [1.807, 2.05) is 24.3 Å². The SMILES string of the molecule is O=S(=O)(CCCC(F)(F)F)Oc1ccc(O)c(C2c3ccccc3C[C@@H]2CO)c1. The van der Waals surface area contributed by atoms with Crippen LogP contribution in [-0.2, 0) is 16.5 Å². The summed E-state index contributed by atoms with van der Waals surface area (Å²) >= 11 is 0. The van der Waals surface area contributed by atoms with Gasteiger partial charge in [-0.2, -0.15) is 21.6 Å². The average molecular weight is 430 g/mol. The first kappa shape index (κ1) is 21.4. The van der Waals surface area contributed by atoms with Gasteiger partial charge in [0.05, 0.1) is 5.75 Å². The van der Waals surface area contributed by atoms with Gasteiger partial charge in [-0.25, -0.2) is 0 Å². The normalized spacial score (nSPS) is 19.2.